The zero-order valence-corrected chi connectivity index (χ0v) is 14.8. The first kappa shape index (κ1) is 19.6. The minimum absolute atomic E-state index is 0.0564. The van der Waals surface area contributed by atoms with Crippen LogP contribution in [0.4, 0.5) is 26.2 Å². The summed E-state index contributed by atoms with van der Waals surface area (Å²) in [5, 5.41) is 24.1. The van der Waals surface area contributed by atoms with Crippen molar-refractivity contribution < 1.29 is 19.1 Å². The zero-order valence-electron chi connectivity index (χ0n) is 14.8. The van der Waals surface area contributed by atoms with E-state index in [9.17, 15) is 19.1 Å². The number of urea groups is 1. The Balaban J connectivity index is 2.07. The van der Waals surface area contributed by atoms with Crippen molar-refractivity contribution in [3.8, 4) is 0 Å². The second kappa shape index (κ2) is 8.61. The Hall–Kier alpha value is -3.68. The van der Waals surface area contributed by atoms with E-state index < -0.39 is 17.8 Å². The monoisotopic (exact) mass is 370 g/mol. The van der Waals surface area contributed by atoms with Gasteiger partial charge in [0.2, 0.25) is 0 Å². The normalized spacial score (nSPS) is 11.2. The number of hydrogen-bond donors (Lipinski definition) is 5. The highest BCUT2D eigenvalue weighted by molar-refractivity contribution is 6.17. The first-order chi connectivity index (χ1) is 12.8. The molecule has 2 rings (SSSR count). The van der Waals surface area contributed by atoms with Gasteiger partial charge in [-0.05, 0) is 49.7 Å². The van der Waals surface area contributed by atoms with E-state index in [1.54, 1.807) is 31.2 Å². The standard InChI is InChI=1S/C19H19FN4O3/c1-11-9-13(22-19(27)24-17-6-4-3-5-15(17)20)7-8-16(11)23-18(26)14(10-21)12(2)25/h3-10,21,25H,1-2H3,(H,23,26)(H2,22,24,27)/b14-12+,21-10?. The fourth-order valence-electron chi connectivity index (χ4n) is 2.25. The van der Waals surface area contributed by atoms with E-state index in [0.717, 1.165) is 6.21 Å². The lowest BCUT2D eigenvalue weighted by molar-refractivity contribution is -0.112. The Kier molecular flexibility index (Phi) is 6.27. The Labute approximate surface area is 155 Å². The van der Waals surface area contributed by atoms with Crippen LogP contribution >= 0.6 is 0 Å². The molecule has 0 unspecified atom stereocenters. The molecule has 8 heteroatoms. The molecule has 2 aromatic carbocycles. The first-order valence-corrected chi connectivity index (χ1v) is 7.96. The summed E-state index contributed by atoms with van der Waals surface area (Å²) in [6.45, 7) is 3.03. The highest BCUT2D eigenvalue weighted by Crippen LogP contribution is 2.21. The number of hydrogen-bond acceptors (Lipinski definition) is 4. The lowest BCUT2D eigenvalue weighted by atomic mass is 10.1. The van der Waals surface area contributed by atoms with Crippen LogP contribution in [-0.2, 0) is 4.79 Å². The van der Waals surface area contributed by atoms with Gasteiger partial charge in [0.05, 0.1) is 11.3 Å². The number of amides is 3. The number of benzene rings is 2. The number of rotatable bonds is 5. The smallest absolute Gasteiger partial charge is 0.323 e. The molecule has 0 aliphatic rings. The molecule has 27 heavy (non-hydrogen) atoms. The lowest BCUT2D eigenvalue weighted by Crippen LogP contribution is -2.20. The van der Waals surface area contributed by atoms with Crippen molar-refractivity contribution in [2.75, 3.05) is 16.0 Å². The zero-order chi connectivity index (χ0) is 20.0. The van der Waals surface area contributed by atoms with E-state index in [0.29, 0.717) is 16.9 Å². The largest absolute Gasteiger partial charge is 0.512 e. The Morgan fingerprint density at radius 3 is 2.37 bits per heavy atom. The van der Waals surface area contributed by atoms with E-state index in [1.807, 2.05) is 0 Å². The quantitative estimate of drug-likeness (QED) is 0.309. The third-order valence-corrected chi connectivity index (χ3v) is 3.63. The topological polar surface area (TPSA) is 114 Å². The number of aliphatic hydroxyl groups excluding tert-OH is 1. The maximum atomic E-state index is 13.6. The Morgan fingerprint density at radius 2 is 1.78 bits per heavy atom. The van der Waals surface area contributed by atoms with Gasteiger partial charge in [0.15, 0.2) is 0 Å². The number of allylic oxidation sites excluding steroid dienone is 1. The number of para-hydroxylation sites is 1. The molecule has 7 nitrogen and oxygen atoms in total. The molecule has 0 aliphatic heterocycles. The number of anilines is 3. The van der Waals surface area contributed by atoms with Gasteiger partial charge in [0, 0.05) is 17.6 Å². The van der Waals surface area contributed by atoms with Crippen LogP contribution in [-0.4, -0.2) is 23.3 Å². The molecule has 0 radical (unpaired) electrons. The third kappa shape index (κ3) is 5.15. The summed E-state index contributed by atoms with van der Waals surface area (Å²) in [6, 6.07) is 9.94. The van der Waals surface area contributed by atoms with Crippen molar-refractivity contribution in [1.82, 2.24) is 0 Å². The van der Waals surface area contributed by atoms with Gasteiger partial charge >= 0.3 is 6.03 Å². The van der Waals surface area contributed by atoms with Crippen LogP contribution in [0, 0.1) is 18.2 Å². The van der Waals surface area contributed by atoms with Crippen LogP contribution in [0.1, 0.15) is 12.5 Å². The number of nitrogens with one attached hydrogen (secondary N) is 4. The van der Waals surface area contributed by atoms with Crippen molar-refractivity contribution in [3.63, 3.8) is 0 Å². The van der Waals surface area contributed by atoms with Gasteiger partial charge in [0.25, 0.3) is 5.91 Å². The van der Waals surface area contributed by atoms with Gasteiger partial charge in [-0.3, -0.25) is 4.79 Å². The number of aliphatic hydroxyl groups is 1. The van der Waals surface area contributed by atoms with Crippen LogP contribution in [0.5, 0.6) is 0 Å². The summed E-state index contributed by atoms with van der Waals surface area (Å²) in [7, 11) is 0. The van der Waals surface area contributed by atoms with Gasteiger partial charge in [-0.25, -0.2) is 9.18 Å². The molecule has 0 aromatic heterocycles. The van der Waals surface area contributed by atoms with Crippen molar-refractivity contribution in [2.45, 2.75) is 13.8 Å². The minimum atomic E-state index is -0.619. The number of aryl methyl sites for hydroxylation is 1. The second-order valence-corrected chi connectivity index (χ2v) is 5.69. The molecular formula is C19H19FN4O3. The summed E-state index contributed by atoms with van der Waals surface area (Å²) in [4.78, 5) is 24.0. The van der Waals surface area contributed by atoms with Crippen molar-refractivity contribution in [1.29, 1.82) is 5.41 Å². The first-order valence-electron chi connectivity index (χ1n) is 7.96. The summed E-state index contributed by atoms with van der Waals surface area (Å²) < 4.78 is 13.6. The molecule has 0 fully saturated rings. The SMILES string of the molecule is C/C(O)=C(/C=N)C(=O)Nc1ccc(NC(=O)Nc2ccccc2F)cc1C. The van der Waals surface area contributed by atoms with E-state index in [4.69, 9.17) is 5.41 Å². The van der Waals surface area contributed by atoms with Crippen LogP contribution in [0.2, 0.25) is 0 Å². The number of halogens is 1. The summed E-state index contributed by atoms with van der Waals surface area (Å²) >= 11 is 0. The fourth-order valence-corrected chi connectivity index (χ4v) is 2.25. The maximum absolute atomic E-state index is 13.6. The van der Waals surface area contributed by atoms with Crippen LogP contribution in [0.25, 0.3) is 0 Å². The number of carbonyl (C=O) groups is 2. The van der Waals surface area contributed by atoms with Gasteiger partial charge in [-0.1, -0.05) is 12.1 Å². The van der Waals surface area contributed by atoms with Gasteiger partial charge in [-0.2, -0.15) is 0 Å². The predicted octanol–water partition coefficient (Wildman–Crippen LogP) is 4.20. The van der Waals surface area contributed by atoms with Crippen molar-refractivity contribution in [2.24, 2.45) is 0 Å². The summed E-state index contributed by atoms with van der Waals surface area (Å²) in [5.41, 5.74) is 1.45. The van der Waals surface area contributed by atoms with Gasteiger partial charge in [0.1, 0.15) is 11.6 Å². The molecule has 0 spiro atoms. The van der Waals surface area contributed by atoms with Crippen molar-refractivity contribution in [3.05, 3.63) is 65.2 Å². The minimum Gasteiger partial charge on any atom is -0.512 e. The Bertz CT molecular complexity index is 921. The van der Waals surface area contributed by atoms with E-state index in [1.165, 1.54) is 25.1 Å². The molecule has 5 N–H and O–H groups in total. The molecule has 0 aliphatic carbocycles. The average Bonchev–Trinajstić information content (AvgIpc) is 2.59. The average molecular weight is 370 g/mol. The van der Waals surface area contributed by atoms with Crippen LogP contribution < -0.4 is 16.0 Å². The molecule has 0 saturated carbocycles. The predicted molar refractivity (Wildman–Crippen MR) is 103 cm³/mol. The highest BCUT2D eigenvalue weighted by Gasteiger charge is 2.13. The fraction of sp³-hybridized carbons (Fsp3) is 0.105. The molecule has 140 valence electrons. The van der Waals surface area contributed by atoms with Crippen LogP contribution in [0.3, 0.4) is 0 Å². The number of carbonyl (C=O) groups excluding carboxylic acids is 2. The molecule has 2 aromatic rings. The molecular weight excluding hydrogens is 351 g/mol. The van der Waals surface area contributed by atoms with Crippen molar-refractivity contribution >= 4 is 35.2 Å². The molecule has 0 heterocycles. The van der Waals surface area contributed by atoms with Gasteiger partial charge < -0.3 is 26.5 Å². The third-order valence-electron chi connectivity index (χ3n) is 3.63. The van der Waals surface area contributed by atoms with E-state index >= 15 is 0 Å². The Morgan fingerprint density at radius 1 is 1.07 bits per heavy atom. The molecule has 0 saturated heterocycles. The molecule has 0 bridgehead atoms. The highest BCUT2D eigenvalue weighted by atomic mass is 19.1. The second-order valence-electron chi connectivity index (χ2n) is 5.69. The summed E-state index contributed by atoms with van der Waals surface area (Å²) in [6.07, 6.45) is 0.767. The molecule has 3 amide bonds. The summed E-state index contributed by atoms with van der Waals surface area (Å²) in [5.74, 6) is -1.43. The lowest BCUT2D eigenvalue weighted by Gasteiger charge is -2.12. The van der Waals surface area contributed by atoms with Gasteiger partial charge in [-0.15, -0.1) is 0 Å². The van der Waals surface area contributed by atoms with E-state index in [2.05, 4.69) is 16.0 Å². The van der Waals surface area contributed by atoms with Crippen LogP contribution in [0.15, 0.2) is 53.8 Å². The van der Waals surface area contributed by atoms with E-state index in [-0.39, 0.29) is 17.0 Å². The maximum Gasteiger partial charge on any atom is 0.323 e. The molecule has 0 atom stereocenters.